The molecule has 0 fully saturated rings. The largest absolute Gasteiger partial charge is 0.493 e. The van der Waals surface area contributed by atoms with Crippen LogP contribution in [0.25, 0.3) is 21.8 Å². The highest BCUT2D eigenvalue weighted by Crippen LogP contribution is 2.39. The minimum atomic E-state index is -0.477. The van der Waals surface area contributed by atoms with Gasteiger partial charge in [-0.25, -0.2) is 0 Å². The van der Waals surface area contributed by atoms with Crippen LogP contribution in [0.2, 0.25) is 0 Å². The number of hydrogen-bond donors (Lipinski definition) is 2. The first-order chi connectivity index (χ1) is 19.9. The number of nitroso groups, excluding NO2 is 2. The molecule has 0 radical (unpaired) electrons. The standard InChI is InChI=1S/C15H11N3O4.C15H12N2O2/c19-15-14(16-20)12-6-1-2-7-13(12)17(15)9-10-4-3-5-11(8-10)18(21)22;18-15-14(16-19)12-8-4-5-9-13(12)17(15)10-11-6-2-1-3-7-11/h1-8,19H,9H2;1-9,18H,10H2. The summed E-state index contributed by atoms with van der Waals surface area (Å²) in [6.45, 7) is 0.701. The van der Waals surface area contributed by atoms with Gasteiger partial charge >= 0.3 is 0 Å². The second kappa shape index (κ2) is 11.5. The van der Waals surface area contributed by atoms with Gasteiger partial charge in [0.05, 0.1) is 29.0 Å². The Balaban J connectivity index is 0.000000166. The lowest BCUT2D eigenvalue weighted by Gasteiger charge is -2.07. The van der Waals surface area contributed by atoms with Gasteiger partial charge < -0.3 is 19.3 Å². The Morgan fingerprint density at radius 3 is 1.61 bits per heavy atom. The summed E-state index contributed by atoms with van der Waals surface area (Å²) in [5.41, 5.74) is 3.19. The van der Waals surface area contributed by atoms with Crippen molar-refractivity contribution in [3.05, 3.63) is 134 Å². The molecule has 0 aliphatic carbocycles. The van der Waals surface area contributed by atoms with Crippen LogP contribution in [-0.2, 0) is 13.1 Å². The Hall–Kier alpha value is -5.84. The third-order valence-electron chi connectivity index (χ3n) is 6.66. The Morgan fingerprint density at radius 1 is 0.634 bits per heavy atom. The van der Waals surface area contributed by atoms with Crippen molar-refractivity contribution in [1.82, 2.24) is 9.13 Å². The number of fused-ring (bicyclic) bond motifs is 2. The SMILES string of the molecule is O=Nc1c(O)n(Cc2cccc([N+](=O)[O-])c2)c2ccccc12.O=Nc1c(O)n(Cc2ccccc2)c2ccccc12. The van der Waals surface area contributed by atoms with E-state index in [0.717, 1.165) is 11.1 Å². The van der Waals surface area contributed by atoms with Crippen molar-refractivity contribution in [2.45, 2.75) is 13.1 Å². The molecule has 0 amide bonds. The third-order valence-corrected chi connectivity index (χ3v) is 6.66. The molecule has 41 heavy (non-hydrogen) atoms. The number of para-hydroxylation sites is 2. The molecule has 4 aromatic carbocycles. The molecule has 2 heterocycles. The van der Waals surface area contributed by atoms with Crippen molar-refractivity contribution in [2.24, 2.45) is 10.4 Å². The molecule has 0 atom stereocenters. The molecule has 0 unspecified atom stereocenters. The summed E-state index contributed by atoms with van der Waals surface area (Å²) in [7, 11) is 0. The summed E-state index contributed by atoms with van der Waals surface area (Å²) < 4.78 is 3.20. The van der Waals surface area contributed by atoms with Gasteiger partial charge in [0, 0.05) is 22.9 Å². The second-order valence-electron chi connectivity index (χ2n) is 9.15. The Morgan fingerprint density at radius 2 is 1.10 bits per heavy atom. The number of hydrogen-bond acceptors (Lipinski definition) is 8. The lowest BCUT2D eigenvalue weighted by atomic mass is 10.2. The lowest BCUT2D eigenvalue weighted by Crippen LogP contribution is -1.99. The molecule has 204 valence electrons. The van der Waals surface area contributed by atoms with E-state index in [2.05, 4.69) is 10.4 Å². The summed E-state index contributed by atoms with van der Waals surface area (Å²) in [5, 5.41) is 38.2. The van der Waals surface area contributed by atoms with E-state index >= 15 is 0 Å². The van der Waals surface area contributed by atoms with E-state index in [1.54, 1.807) is 47.0 Å². The highest BCUT2D eigenvalue weighted by molar-refractivity contribution is 5.95. The van der Waals surface area contributed by atoms with Crippen LogP contribution in [0.15, 0.2) is 113 Å². The zero-order valence-electron chi connectivity index (χ0n) is 21.5. The summed E-state index contributed by atoms with van der Waals surface area (Å²) in [6.07, 6.45) is 0. The zero-order chi connectivity index (χ0) is 28.9. The van der Waals surface area contributed by atoms with Gasteiger partial charge in [0.1, 0.15) is 0 Å². The highest BCUT2D eigenvalue weighted by Gasteiger charge is 2.18. The van der Waals surface area contributed by atoms with Crippen LogP contribution in [0.3, 0.4) is 0 Å². The first kappa shape index (κ1) is 26.8. The number of rotatable bonds is 7. The van der Waals surface area contributed by atoms with E-state index in [0.29, 0.717) is 28.4 Å². The van der Waals surface area contributed by atoms with Gasteiger partial charge in [-0.3, -0.25) is 10.1 Å². The topological polar surface area (TPSA) is 152 Å². The number of aromatic hydroxyl groups is 2. The van der Waals surface area contributed by atoms with E-state index in [1.165, 1.54) is 16.7 Å². The van der Waals surface area contributed by atoms with Crippen molar-refractivity contribution in [3.8, 4) is 11.8 Å². The second-order valence-corrected chi connectivity index (χ2v) is 9.15. The number of aromatic nitrogens is 2. The van der Waals surface area contributed by atoms with Gasteiger partial charge in [0.2, 0.25) is 11.8 Å². The molecule has 0 bridgehead atoms. The van der Waals surface area contributed by atoms with E-state index in [-0.39, 0.29) is 35.4 Å². The summed E-state index contributed by atoms with van der Waals surface area (Å²) >= 11 is 0. The van der Waals surface area contributed by atoms with Crippen molar-refractivity contribution >= 4 is 38.9 Å². The molecule has 6 aromatic rings. The predicted octanol–water partition coefficient (Wildman–Crippen LogP) is 7.49. The minimum Gasteiger partial charge on any atom is -0.493 e. The zero-order valence-corrected chi connectivity index (χ0v) is 21.5. The quantitative estimate of drug-likeness (QED) is 0.119. The summed E-state index contributed by atoms with van der Waals surface area (Å²) in [6, 6.07) is 30.2. The van der Waals surface area contributed by atoms with Crippen LogP contribution >= 0.6 is 0 Å². The fraction of sp³-hybridized carbons (Fsp3) is 0.0667. The van der Waals surface area contributed by atoms with Crippen LogP contribution in [0.5, 0.6) is 11.8 Å². The fourth-order valence-corrected chi connectivity index (χ4v) is 4.76. The van der Waals surface area contributed by atoms with E-state index in [4.69, 9.17) is 0 Å². The molecular weight excluding hydrogens is 526 g/mol. The van der Waals surface area contributed by atoms with Crippen LogP contribution in [-0.4, -0.2) is 24.3 Å². The minimum absolute atomic E-state index is 0.0258. The van der Waals surface area contributed by atoms with Crippen LogP contribution in [0.4, 0.5) is 17.1 Å². The molecule has 0 saturated carbocycles. The summed E-state index contributed by atoms with van der Waals surface area (Å²) in [5.74, 6) is -0.331. The Labute approximate surface area is 232 Å². The molecule has 2 aromatic heterocycles. The van der Waals surface area contributed by atoms with E-state index < -0.39 is 4.92 Å². The number of nitro benzene ring substituents is 1. The van der Waals surface area contributed by atoms with Gasteiger partial charge in [-0.1, -0.05) is 78.9 Å². The van der Waals surface area contributed by atoms with Crippen LogP contribution in [0, 0.1) is 19.9 Å². The molecule has 11 nitrogen and oxygen atoms in total. The van der Waals surface area contributed by atoms with Crippen molar-refractivity contribution in [1.29, 1.82) is 0 Å². The molecule has 0 spiro atoms. The smallest absolute Gasteiger partial charge is 0.269 e. The number of nitro groups is 1. The first-order valence-corrected chi connectivity index (χ1v) is 12.5. The van der Waals surface area contributed by atoms with Gasteiger partial charge in [0.25, 0.3) is 5.69 Å². The van der Waals surface area contributed by atoms with Crippen LogP contribution in [0.1, 0.15) is 11.1 Å². The molecular formula is C30H23N5O6. The third kappa shape index (κ3) is 5.23. The Kier molecular flexibility index (Phi) is 7.50. The molecule has 2 N–H and O–H groups in total. The van der Waals surface area contributed by atoms with Crippen molar-refractivity contribution < 1.29 is 15.1 Å². The fourth-order valence-electron chi connectivity index (χ4n) is 4.76. The number of nitrogens with zero attached hydrogens (tertiary/aromatic N) is 5. The number of non-ortho nitro benzene ring substituents is 1. The molecule has 0 aliphatic heterocycles. The molecule has 0 saturated heterocycles. The van der Waals surface area contributed by atoms with E-state index in [1.807, 2.05) is 48.5 Å². The molecule has 0 aliphatic rings. The van der Waals surface area contributed by atoms with Gasteiger partial charge in [0.15, 0.2) is 11.4 Å². The lowest BCUT2D eigenvalue weighted by molar-refractivity contribution is -0.384. The van der Waals surface area contributed by atoms with Gasteiger partial charge in [-0.05, 0) is 33.6 Å². The van der Waals surface area contributed by atoms with Crippen molar-refractivity contribution in [2.75, 3.05) is 0 Å². The van der Waals surface area contributed by atoms with E-state index in [9.17, 15) is 30.1 Å². The maximum absolute atomic E-state index is 10.9. The average Bonchev–Trinajstić information content (AvgIpc) is 3.43. The van der Waals surface area contributed by atoms with Crippen molar-refractivity contribution in [3.63, 3.8) is 0 Å². The maximum atomic E-state index is 10.9. The first-order valence-electron chi connectivity index (χ1n) is 12.5. The average molecular weight is 550 g/mol. The molecule has 11 heteroatoms. The molecule has 6 rings (SSSR count). The highest BCUT2D eigenvalue weighted by atomic mass is 16.6. The maximum Gasteiger partial charge on any atom is 0.269 e. The van der Waals surface area contributed by atoms with Gasteiger partial charge in [-0.15, -0.1) is 9.81 Å². The van der Waals surface area contributed by atoms with Crippen LogP contribution < -0.4 is 0 Å². The Bertz CT molecular complexity index is 1890. The van der Waals surface area contributed by atoms with Gasteiger partial charge in [-0.2, -0.15) is 0 Å². The normalized spacial score (nSPS) is 10.7. The summed E-state index contributed by atoms with van der Waals surface area (Å²) in [4.78, 5) is 32.2. The monoisotopic (exact) mass is 549 g/mol. The number of benzene rings is 4. The predicted molar refractivity (Wildman–Crippen MR) is 156 cm³/mol.